The number of hydrogen-bond acceptors (Lipinski definition) is 5. The van der Waals surface area contributed by atoms with Gasteiger partial charge in [0.05, 0.1) is 23.9 Å². The summed E-state index contributed by atoms with van der Waals surface area (Å²) in [4.78, 5) is 5.93. The quantitative estimate of drug-likeness (QED) is 0.778. The van der Waals surface area contributed by atoms with E-state index in [1.165, 1.54) is 10.4 Å². The third-order valence-corrected chi connectivity index (χ3v) is 4.96. The Labute approximate surface area is 119 Å². The Morgan fingerprint density at radius 1 is 1.32 bits per heavy atom. The van der Waals surface area contributed by atoms with Crippen molar-refractivity contribution in [2.24, 2.45) is 0 Å². The number of ether oxygens (including phenoxy) is 1. The Morgan fingerprint density at radius 2 is 2.21 bits per heavy atom. The molecule has 3 rings (SSSR count). The molecule has 1 aromatic carbocycles. The monoisotopic (exact) mass is 290 g/mol. The van der Waals surface area contributed by atoms with Crippen molar-refractivity contribution in [1.29, 1.82) is 0 Å². The van der Waals surface area contributed by atoms with E-state index in [2.05, 4.69) is 28.7 Å². The molecule has 0 radical (unpaired) electrons. The Bertz CT molecular complexity index is 702. The summed E-state index contributed by atoms with van der Waals surface area (Å²) in [6, 6.07) is 8.10. The van der Waals surface area contributed by atoms with E-state index in [1.54, 1.807) is 29.8 Å². The smallest absolute Gasteiger partial charge is 0.184 e. The molecule has 98 valence electrons. The van der Waals surface area contributed by atoms with Crippen molar-refractivity contribution < 1.29 is 4.74 Å². The van der Waals surface area contributed by atoms with Gasteiger partial charge in [-0.15, -0.1) is 11.3 Å². The van der Waals surface area contributed by atoms with Crippen LogP contribution in [0.4, 0.5) is 5.13 Å². The number of thiophene rings is 1. The fourth-order valence-corrected chi connectivity index (χ4v) is 3.58. The lowest BCUT2D eigenvalue weighted by atomic mass is 10.3. The van der Waals surface area contributed by atoms with Crippen molar-refractivity contribution in [2.45, 2.75) is 13.5 Å². The van der Waals surface area contributed by atoms with Gasteiger partial charge in [-0.05, 0) is 42.1 Å². The molecule has 0 aliphatic heterocycles. The third-order valence-electron chi connectivity index (χ3n) is 2.96. The summed E-state index contributed by atoms with van der Waals surface area (Å²) in [5.41, 5.74) is 2.34. The van der Waals surface area contributed by atoms with E-state index in [9.17, 15) is 0 Å². The molecule has 2 aromatic heterocycles. The predicted octanol–water partition coefficient (Wildman–Crippen LogP) is 4.29. The van der Waals surface area contributed by atoms with Gasteiger partial charge in [-0.2, -0.15) is 0 Å². The van der Waals surface area contributed by atoms with Crippen LogP contribution in [0.15, 0.2) is 29.6 Å². The Hall–Kier alpha value is -1.59. The zero-order valence-corrected chi connectivity index (χ0v) is 12.4. The number of hydrogen-bond donors (Lipinski definition) is 1. The molecule has 0 aliphatic rings. The lowest BCUT2D eigenvalue weighted by molar-refractivity contribution is 0.415. The zero-order chi connectivity index (χ0) is 13.2. The van der Waals surface area contributed by atoms with Crippen molar-refractivity contribution >= 4 is 38.0 Å². The van der Waals surface area contributed by atoms with Crippen LogP contribution in [0.2, 0.25) is 0 Å². The first-order chi connectivity index (χ1) is 9.26. The summed E-state index contributed by atoms with van der Waals surface area (Å²) in [6.07, 6.45) is 0. The Morgan fingerprint density at radius 3 is 2.95 bits per heavy atom. The fraction of sp³-hybridized carbons (Fsp3) is 0.214. The number of fused-ring (bicyclic) bond motifs is 1. The molecule has 5 heteroatoms. The summed E-state index contributed by atoms with van der Waals surface area (Å²) < 4.78 is 6.37. The minimum absolute atomic E-state index is 0.834. The van der Waals surface area contributed by atoms with Crippen LogP contribution in [0.25, 0.3) is 10.2 Å². The average Bonchev–Trinajstić information content (AvgIpc) is 3.01. The van der Waals surface area contributed by atoms with Crippen LogP contribution in [0.5, 0.6) is 5.75 Å². The molecule has 0 aliphatic carbocycles. The number of aryl methyl sites for hydroxylation is 1. The highest BCUT2D eigenvalue weighted by Crippen LogP contribution is 2.29. The fourth-order valence-electron chi connectivity index (χ4n) is 1.85. The molecule has 0 amide bonds. The highest BCUT2D eigenvalue weighted by atomic mass is 32.1. The maximum Gasteiger partial charge on any atom is 0.184 e. The molecule has 3 aromatic rings. The molecule has 0 bridgehead atoms. The van der Waals surface area contributed by atoms with E-state index in [-0.39, 0.29) is 0 Å². The maximum atomic E-state index is 5.23. The van der Waals surface area contributed by atoms with E-state index in [0.29, 0.717) is 0 Å². The van der Waals surface area contributed by atoms with E-state index in [4.69, 9.17) is 4.74 Å². The predicted molar refractivity (Wildman–Crippen MR) is 82.6 cm³/mol. The van der Waals surface area contributed by atoms with Gasteiger partial charge in [-0.25, -0.2) is 4.98 Å². The first kappa shape index (κ1) is 12.4. The standard InChI is InChI=1S/C14H14N2OS2/c1-9-5-6-18-13(9)8-15-14-16-11-4-3-10(17-2)7-12(11)19-14/h3-7H,8H2,1-2H3,(H,15,16). The lowest BCUT2D eigenvalue weighted by Crippen LogP contribution is -1.97. The van der Waals surface area contributed by atoms with Crippen LogP contribution in [0, 0.1) is 6.92 Å². The highest BCUT2D eigenvalue weighted by Gasteiger charge is 2.06. The first-order valence-corrected chi connectivity index (χ1v) is 7.67. The number of methoxy groups -OCH3 is 1. The van der Waals surface area contributed by atoms with Crippen molar-refractivity contribution in [3.63, 3.8) is 0 Å². The number of thiazole rings is 1. The molecule has 1 N–H and O–H groups in total. The second kappa shape index (κ2) is 5.19. The van der Waals surface area contributed by atoms with E-state index in [1.807, 2.05) is 18.2 Å². The van der Waals surface area contributed by atoms with Crippen molar-refractivity contribution in [1.82, 2.24) is 4.98 Å². The van der Waals surface area contributed by atoms with Gasteiger partial charge < -0.3 is 10.1 Å². The number of nitrogens with one attached hydrogen (secondary N) is 1. The van der Waals surface area contributed by atoms with E-state index < -0.39 is 0 Å². The molecular formula is C14H14N2OS2. The van der Waals surface area contributed by atoms with Crippen LogP contribution in [0.3, 0.4) is 0 Å². The molecule has 0 saturated heterocycles. The minimum Gasteiger partial charge on any atom is -0.497 e. The van der Waals surface area contributed by atoms with Gasteiger partial charge >= 0.3 is 0 Å². The topological polar surface area (TPSA) is 34.1 Å². The largest absolute Gasteiger partial charge is 0.497 e. The summed E-state index contributed by atoms with van der Waals surface area (Å²) >= 11 is 3.43. The van der Waals surface area contributed by atoms with Crippen molar-refractivity contribution in [3.8, 4) is 5.75 Å². The number of benzene rings is 1. The van der Waals surface area contributed by atoms with E-state index in [0.717, 1.165) is 27.6 Å². The van der Waals surface area contributed by atoms with Gasteiger partial charge in [-0.3, -0.25) is 0 Å². The Balaban J connectivity index is 1.80. The highest BCUT2D eigenvalue weighted by molar-refractivity contribution is 7.22. The molecule has 0 saturated carbocycles. The number of anilines is 1. The van der Waals surface area contributed by atoms with Crippen molar-refractivity contribution in [2.75, 3.05) is 12.4 Å². The minimum atomic E-state index is 0.834. The SMILES string of the molecule is COc1ccc2nc(NCc3sccc3C)sc2c1. The van der Waals surface area contributed by atoms with Crippen LogP contribution >= 0.6 is 22.7 Å². The molecule has 2 heterocycles. The van der Waals surface area contributed by atoms with Gasteiger partial charge in [0.2, 0.25) is 0 Å². The lowest BCUT2D eigenvalue weighted by Gasteiger charge is -2.00. The molecular weight excluding hydrogens is 276 g/mol. The molecule has 0 atom stereocenters. The van der Waals surface area contributed by atoms with Crippen LogP contribution in [-0.2, 0) is 6.54 Å². The molecule has 0 unspecified atom stereocenters. The number of nitrogens with zero attached hydrogens (tertiary/aromatic N) is 1. The third kappa shape index (κ3) is 2.57. The van der Waals surface area contributed by atoms with Gasteiger partial charge in [-0.1, -0.05) is 11.3 Å². The first-order valence-electron chi connectivity index (χ1n) is 5.97. The molecule has 3 nitrogen and oxygen atoms in total. The van der Waals surface area contributed by atoms with Crippen LogP contribution < -0.4 is 10.1 Å². The second-order valence-corrected chi connectivity index (χ2v) is 6.26. The Kier molecular flexibility index (Phi) is 3.40. The van der Waals surface area contributed by atoms with Crippen LogP contribution in [0.1, 0.15) is 10.4 Å². The number of rotatable bonds is 4. The molecule has 0 fully saturated rings. The zero-order valence-electron chi connectivity index (χ0n) is 10.8. The summed E-state index contributed by atoms with van der Waals surface area (Å²) in [7, 11) is 1.68. The van der Waals surface area contributed by atoms with Gasteiger partial charge in [0.25, 0.3) is 0 Å². The van der Waals surface area contributed by atoms with Gasteiger partial charge in [0, 0.05) is 4.88 Å². The molecule has 0 spiro atoms. The van der Waals surface area contributed by atoms with Gasteiger partial charge in [0.15, 0.2) is 5.13 Å². The maximum absolute atomic E-state index is 5.23. The van der Waals surface area contributed by atoms with Crippen molar-refractivity contribution in [3.05, 3.63) is 40.1 Å². The van der Waals surface area contributed by atoms with Crippen LogP contribution in [-0.4, -0.2) is 12.1 Å². The summed E-state index contributed by atoms with van der Waals surface area (Å²) in [5, 5.41) is 6.47. The summed E-state index contributed by atoms with van der Waals surface area (Å²) in [5.74, 6) is 0.872. The summed E-state index contributed by atoms with van der Waals surface area (Å²) in [6.45, 7) is 2.97. The normalized spacial score (nSPS) is 10.8. The average molecular weight is 290 g/mol. The van der Waals surface area contributed by atoms with E-state index >= 15 is 0 Å². The molecule has 19 heavy (non-hydrogen) atoms. The second-order valence-electron chi connectivity index (χ2n) is 4.23. The number of aromatic nitrogens is 1. The van der Waals surface area contributed by atoms with Gasteiger partial charge in [0.1, 0.15) is 5.75 Å².